The van der Waals surface area contributed by atoms with Crippen LogP contribution in [0, 0.1) is 0 Å². The molecule has 1 N–H and O–H groups in total. The maximum Gasteiger partial charge on any atom is 0.321 e. The molecule has 29 heavy (non-hydrogen) atoms. The molecule has 150 valence electrons. The Morgan fingerprint density at radius 3 is 2.72 bits per heavy atom. The Hall–Kier alpha value is -3.13. The van der Waals surface area contributed by atoms with Gasteiger partial charge >= 0.3 is 6.03 Å². The van der Waals surface area contributed by atoms with Gasteiger partial charge in [-0.15, -0.1) is 0 Å². The maximum atomic E-state index is 12.4. The van der Waals surface area contributed by atoms with Gasteiger partial charge in [-0.3, -0.25) is 4.40 Å². The van der Waals surface area contributed by atoms with Crippen LogP contribution in [0.15, 0.2) is 42.9 Å². The molecular formula is C21H24N6O2. The van der Waals surface area contributed by atoms with Crippen molar-refractivity contribution in [2.24, 2.45) is 0 Å². The van der Waals surface area contributed by atoms with Crippen LogP contribution in [0.5, 0.6) is 0 Å². The van der Waals surface area contributed by atoms with Gasteiger partial charge in [0.2, 0.25) is 5.78 Å². The van der Waals surface area contributed by atoms with Gasteiger partial charge in [0.15, 0.2) is 0 Å². The molecule has 2 saturated heterocycles. The minimum Gasteiger partial charge on any atom is -0.378 e. The lowest BCUT2D eigenvalue weighted by Crippen LogP contribution is -2.36. The van der Waals surface area contributed by atoms with Gasteiger partial charge in [0.05, 0.1) is 30.8 Å². The summed E-state index contributed by atoms with van der Waals surface area (Å²) in [6.45, 7) is 4.87. The van der Waals surface area contributed by atoms with Gasteiger partial charge in [-0.1, -0.05) is 12.1 Å². The summed E-state index contributed by atoms with van der Waals surface area (Å²) in [6.07, 6.45) is 8.06. The van der Waals surface area contributed by atoms with E-state index in [1.807, 2.05) is 46.0 Å². The molecule has 2 fully saturated rings. The number of nitrogens with zero attached hydrogens (tertiary/aromatic N) is 5. The first-order chi connectivity index (χ1) is 14.3. The van der Waals surface area contributed by atoms with E-state index >= 15 is 0 Å². The highest BCUT2D eigenvalue weighted by Crippen LogP contribution is 2.24. The Kier molecular flexibility index (Phi) is 4.77. The second kappa shape index (κ2) is 7.71. The Morgan fingerprint density at radius 1 is 1.07 bits per heavy atom. The highest BCUT2D eigenvalue weighted by atomic mass is 16.5. The molecule has 1 aromatic carbocycles. The number of hydrogen-bond donors (Lipinski definition) is 1. The van der Waals surface area contributed by atoms with Gasteiger partial charge in [-0.2, -0.15) is 0 Å². The molecule has 0 unspecified atom stereocenters. The molecule has 2 aliphatic heterocycles. The summed E-state index contributed by atoms with van der Waals surface area (Å²) in [5, 5.41) is 3.00. The molecule has 0 radical (unpaired) electrons. The van der Waals surface area contributed by atoms with Gasteiger partial charge in [0.25, 0.3) is 0 Å². The molecule has 5 rings (SSSR count). The zero-order chi connectivity index (χ0) is 19.6. The van der Waals surface area contributed by atoms with Crippen molar-refractivity contribution in [1.29, 1.82) is 0 Å². The maximum absolute atomic E-state index is 12.4. The fourth-order valence-electron chi connectivity index (χ4n) is 3.88. The number of nitrogens with one attached hydrogen (secondary N) is 1. The van der Waals surface area contributed by atoms with E-state index in [9.17, 15) is 4.79 Å². The van der Waals surface area contributed by atoms with Crippen molar-refractivity contribution in [3.05, 3.63) is 42.9 Å². The number of ether oxygens (including phenoxy) is 1. The SMILES string of the molecule is O=C(Nc1cccc(-c2cn3cc(N4CCOCC4)cnc3n2)c1)N1CCCC1. The zero-order valence-electron chi connectivity index (χ0n) is 16.3. The first-order valence-electron chi connectivity index (χ1n) is 10.1. The largest absolute Gasteiger partial charge is 0.378 e. The summed E-state index contributed by atoms with van der Waals surface area (Å²) < 4.78 is 7.38. The van der Waals surface area contributed by atoms with Crippen molar-refractivity contribution in [2.75, 3.05) is 49.6 Å². The molecule has 4 heterocycles. The van der Waals surface area contributed by atoms with E-state index in [0.717, 1.165) is 74.9 Å². The monoisotopic (exact) mass is 392 g/mol. The third-order valence-corrected chi connectivity index (χ3v) is 5.48. The van der Waals surface area contributed by atoms with Crippen LogP contribution in [0.2, 0.25) is 0 Å². The number of likely N-dealkylation sites (tertiary alicyclic amines) is 1. The summed E-state index contributed by atoms with van der Waals surface area (Å²) in [7, 11) is 0. The number of carbonyl (C=O) groups is 1. The standard InChI is InChI=1S/C21H24N6O2/c28-21(26-6-1-2-7-26)23-17-5-3-4-16(12-17)19-15-27-14-18(13-22-20(27)24-19)25-8-10-29-11-9-25/h3-5,12-15H,1-2,6-11H2,(H,23,28). The number of hydrogen-bond acceptors (Lipinski definition) is 5. The molecule has 8 nitrogen and oxygen atoms in total. The summed E-state index contributed by atoms with van der Waals surface area (Å²) in [4.78, 5) is 25.7. The molecule has 0 saturated carbocycles. The Labute approximate surface area is 169 Å². The summed E-state index contributed by atoms with van der Waals surface area (Å²) in [5.41, 5.74) is 3.62. The van der Waals surface area contributed by atoms with E-state index in [1.54, 1.807) is 0 Å². The van der Waals surface area contributed by atoms with Crippen LogP contribution < -0.4 is 10.2 Å². The summed E-state index contributed by atoms with van der Waals surface area (Å²) >= 11 is 0. The number of fused-ring (bicyclic) bond motifs is 1. The average molecular weight is 392 g/mol. The average Bonchev–Trinajstić information content (AvgIpc) is 3.44. The minimum absolute atomic E-state index is 0.0357. The van der Waals surface area contributed by atoms with Crippen molar-refractivity contribution in [3.63, 3.8) is 0 Å². The third-order valence-electron chi connectivity index (χ3n) is 5.48. The lowest BCUT2D eigenvalue weighted by atomic mass is 10.1. The van der Waals surface area contributed by atoms with E-state index in [-0.39, 0.29) is 6.03 Å². The molecule has 2 aliphatic rings. The second-order valence-electron chi connectivity index (χ2n) is 7.45. The van der Waals surface area contributed by atoms with Crippen LogP contribution in [-0.2, 0) is 4.74 Å². The van der Waals surface area contributed by atoms with E-state index in [1.165, 1.54) is 0 Å². The van der Waals surface area contributed by atoms with Crippen LogP contribution in [0.25, 0.3) is 17.0 Å². The number of amides is 2. The molecule has 2 aromatic heterocycles. The zero-order valence-corrected chi connectivity index (χ0v) is 16.3. The molecule has 0 bridgehead atoms. The molecule has 0 aliphatic carbocycles. The molecule has 3 aromatic rings. The van der Waals surface area contributed by atoms with Crippen molar-refractivity contribution in [3.8, 4) is 11.3 Å². The van der Waals surface area contributed by atoms with Gasteiger partial charge in [-0.25, -0.2) is 14.8 Å². The van der Waals surface area contributed by atoms with Crippen molar-refractivity contribution < 1.29 is 9.53 Å². The Bertz CT molecular complexity index is 1020. The molecule has 2 amide bonds. The minimum atomic E-state index is -0.0357. The van der Waals surface area contributed by atoms with Crippen LogP contribution in [-0.4, -0.2) is 64.7 Å². The van der Waals surface area contributed by atoms with E-state index in [2.05, 4.69) is 26.4 Å². The normalized spacial score (nSPS) is 17.1. The smallest absolute Gasteiger partial charge is 0.321 e. The van der Waals surface area contributed by atoms with E-state index in [0.29, 0.717) is 5.78 Å². The second-order valence-corrected chi connectivity index (χ2v) is 7.45. The van der Waals surface area contributed by atoms with Crippen LogP contribution in [0.1, 0.15) is 12.8 Å². The van der Waals surface area contributed by atoms with Crippen LogP contribution in [0.4, 0.5) is 16.2 Å². The third kappa shape index (κ3) is 3.75. The van der Waals surface area contributed by atoms with Crippen molar-refractivity contribution >= 4 is 23.2 Å². The van der Waals surface area contributed by atoms with Gasteiger partial charge in [0.1, 0.15) is 0 Å². The fourth-order valence-corrected chi connectivity index (χ4v) is 3.88. The number of morpholine rings is 1. The first-order valence-corrected chi connectivity index (χ1v) is 10.1. The number of urea groups is 1. The van der Waals surface area contributed by atoms with Gasteiger partial charge in [-0.05, 0) is 25.0 Å². The van der Waals surface area contributed by atoms with E-state index in [4.69, 9.17) is 4.74 Å². The van der Waals surface area contributed by atoms with Crippen LogP contribution in [0.3, 0.4) is 0 Å². The lowest BCUT2D eigenvalue weighted by Gasteiger charge is -2.28. The quantitative estimate of drug-likeness (QED) is 0.742. The highest BCUT2D eigenvalue weighted by molar-refractivity contribution is 5.90. The van der Waals surface area contributed by atoms with Gasteiger partial charge < -0.3 is 19.9 Å². The number of carbonyl (C=O) groups excluding carboxylic acids is 1. The van der Waals surface area contributed by atoms with Crippen molar-refractivity contribution in [2.45, 2.75) is 12.8 Å². The molecule has 8 heteroatoms. The number of benzene rings is 1. The number of rotatable bonds is 3. The number of anilines is 2. The topological polar surface area (TPSA) is 75.0 Å². The Balaban J connectivity index is 1.37. The predicted octanol–water partition coefficient (Wildman–Crippen LogP) is 2.86. The number of imidazole rings is 1. The highest BCUT2D eigenvalue weighted by Gasteiger charge is 2.18. The first kappa shape index (κ1) is 17.9. The number of aromatic nitrogens is 3. The predicted molar refractivity (Wildman–Crippen MR) is 111 cm³/mol. The molecule has 0 spiro atoms. The Morgan fingerprint density at radius 2 is 1.90 bits per heavy atom. The van der Waals surface area contributed by atoms with Gasteiger partial charge in [0, 0.05) is 49.8 Å². The summed E-state index contributed by atoms with van der Waals surface area (Å²) in [5.74, 6) is 0.656. The van der Waals surface area contributed by atoms with E-state index < -0.39 is 0 Å². The summed E-state index contributed by atoms with van der Waals surface area (Å²) in [6, 6.07) is 7.76. The lowest BCUT2D eigenvalue weighted by molar-refractivity contribution is 0.122. The van der Waals surface area contributed by atoms with Crippen LogP contribution >= 0.6 is 0 Å². The molecular weight excluding hydrogens is 368 g/mol. The van der Waals surface area contributed by atoms with Crippen molar-refractivity contribution in [1.82, 2.24) is 19.3 Å². The fraction of sp³-hybridized carbons (Fsp3) is 0.381. The molecule has 0 atom stereocenters.